The summed E-state index contributed by atoms with van der Waals surface area (Å²) < 4.78 is 87.9. The Morgan fingerprint density at radius 2 is 0.376 bits per heavy atom. The van der Waals surface area contributed by atoms with Crippen molar-refractivity contribution in [3.05, 3.63) is 218 Å². The van der Waals surface area contributed by atoms with Gasteiger partial charge in [0, 0.05) is 144 Å². The van der Waals surface area contributed by atoms with Crippen LogP contribution >= 0.6 is 0 Å². The van der Waals surface area contributed by atoms with Gasteiger partial charge in [-0.2, -0.15) is 0 Å². The molecular weight excluding hydrogens is 1180 g/mol. The van der Waals surface area contributed by atoms with Gasteiger partial charge in [-0.15, -0.1) is 0 Å². The number of rotatable bonds is 18. The van der Waals surface area contributed by atoms with E-state index in [-0.39, 0.29) is 40.8 Å². The van der Waals surface area contributed by atoms with Crippen molar-refractivity contribution in [2.75, 3.05) is 83.4 Å². The standard InChI is InChI=1S/C78H54O15/c1-79-43-85-73-37-56-20-8-50-14-26-68-62(32-50)64-34-52(16-28-70(64)92-68)10-22-58-40-78(90-48-84-6)60(42-77(58)89-47-83-5)24-12-54-18-30-72-66(36-54)65-35-53(17-29-71(65)93-72)11-23-59-41-75(87-45-81-3)57(39-76(59)88-46-82-4)21-9-51-15-27-69-63(33-51)61-31-49(13-25-67(61)91-69)7-19-55(73)38-74(56)86-44-80-2/h13-18,25-42H,43-48H2,1-6H3. The molecule has 0 unspecified atom stereocenters. The Morgan fingerprint density at radius 1 is 0.215 bits per heavy atom. The average Bonchev–Trinajstić information content (AvgIpc) is 1.69. The minimum atomic E-state index is -0.0456. The molecule has 3 aromatic heterocycles. The number of furan rings is 3. The third-order valence-corrected chi connectivity index (χ3v) is 14.7. The summed E-state index contributed by atoms with van der Waals surface area (Å²) in [6.45, 7) is -0.274. The van der Waals surface area contributed by atoms with Gasteiger partial charge >= 0.3 is 0 Å². The first-order valence-corrected chi connectivity index (χ1v) is 29.0. The second-order valence-electron chi connectivity index (χ2n) is 20.9. The molecule has 0 saturated carbocycles. The van der Waals surface area contributed by atoms with Crippen molar-refractivity contribution in [1.82, 2.24) is 0 Å². The van der Waals surface area contributed by atoms with E-state index >= 15 is 0 Å². The predicted molar refractivity (Wildman–Crippen MR) is 354 cm³/mol. The zero-order valence-corrected chi connectivity index (χ0v) is 51.2. The van der Waals surface area contributed by atoms with Crippen molar-refractivity contribution in [2.24, 2.45) is 0 Å². The quantitative estimate of drug-likeness (QED) is 0.0749. The van der Waals surface area contributed by atoms with Gasteiger partial charge in [0.15, 0.2) is 40.8 Å². The molecule has 456 valence electrons. The molecule has 15 aromatic carbocycles. The van der Waals surface area contributed by atoms with Crippen molar-refractivity contribution in [1.29, 1.82) is 0 Å². The first-order valence-electron chi connectivity index (χ1n) is 29.0. The van der Waals surface area contributed by atoms with Gasteiger partial charge in [0.05, 0.1) is 32.3 Å². The summed E-state index contributed by atoms with van der Waals surface area (Å²) >= 11 is 0. The molecule has 0 amide bonds. The van der Waals surface area contributed by atoms with E-state index in [1.54, 1.807) is 79.1 Å². The van der Waals surface area contributed by atoms with Crippen molar-refractivity contribution in [3.63, 3.8) is 0 Å². The third kappa shape index (κ3) is 13.3. The van der Waals surface area contributed by atoms with E-state index in [0.717, 1.165) is 32.3 Å². The fourth-order valence-corrected chi connectivity index (χ4v) is 10.4. The fraction of sp³-hybridized carbons (Fsp3) is 0.154. The largest absolute Gasteiger partial charge is 0.466 e. The first kappa shape index (κ1) is 60.2. The monoisotopic (exact) mass is 1230 g/mol. The Morgan fingerprint density at radius 3 is 0.527 bits per heavy atom. The van der Waals surface area contributed by atoms with E-state index < -0.39 is 0 Å². The summed E-state index contributed by atoms with van der Waals surface area (Å²) in [6.07, 6.45) is 0. The van der Waals surface area contributed by atoms with Crippen LogP contribution in [-0.2, 0) is 28.4 Å². The lowest BCUT2D eigenvalue weighted by molar-refractivity contribution is 0.0501. The van der Waals surface area contributed by atoms with Crippen molar-refractivity contribution >= 4 is 130 Å². The Balaban J connectivity index is 1.02. The van der Waals surface area contributed by atoms with Gasteiger partial charge in [-0.1, -0.05) is 72.8 Å². The molecule has 15 nitrogen and oxygen atoms in total. The van der Waals surface area contributed by atoms with E-state index in [9.17, 15) is 0 Å². The molecule has 0 N–H and O–H groups in total. The van der Waals surface area contributed by atoms with Gasteiger partial charge in [-0.3, -0.25) is 0 Å². The highest BCUT2D eigenvalue weighted by molar-refractivity contribution is 6.10. The Labute approximate surface area is 534 Å². The van der Waals surface area contributed by atoms with Crippen molar-refractivity contribution < 1.29 is 70.1 Å². The number of methoxy groups -OCH3 is 6. The summed E-state index contributed by atoms with van der Waals surface area (Å²) in [4.78, 5) is 0. The lowest BCUT2D eigenvalue weighted by atomic mass is 10.1. The Kier molecular flexibility index (Phi) is 17.9. The molecule has 0 aliphatic rings. The van der Waals surface area contributed by atoms with Crippen LogP contribution in [0.1, 0.15) is 0 Å². The second kappa shape index (κ2) is 27.6. The average molecular weight is 1230 g/mol. The molecule has 3 heterocycles. The maximum Gasteiger partial charge on any atom is 0.188 e. The topological polar surface area (TPSA) is 150 Å². The molecule has 0 aliphatic heterocycles. The number of hydrogen-bond acceptors (Lipinski definition) is 15. The van der Waals surface area contributed by atoms with Gasteiger partial charge in [0.2, 0.25) is 0 Å². The van der Waals surface area contributed by atoms with Crippen LogP contribution in [0.15, 0.2) is 159 Å². The van der Waals surface area contributed by atoms with Crippen LogP contribution in [0.3, 0.4) is 0 Å². The zero-order valence-electron chi connectivity index (χ0n) is 51.2. The minimum absolute atomic E-state index is 0.0456. The van der Waals surface area contributed by atoms with Crippen LogP contribution in [0.25, 0.3) is 130 Å². The van der Waals surface area contributed by atoms with E-state index in [0.29, 0.717) is 133 Å². The van der Waals surface area contributed by atoms with Gasteiger partial charge in [-0.05, 0) is 109 Å². The molecule has 18 rings (SSSR count). The van der Waals surface area contributed by atoms with Gasteiger partial charge in [-0.25, -0.2) is 0 Å². The van der Waals surface area contributed by atoms with Gasteiger partial charge < -0.3 is 70.1 Å². The highest BCUT2D eigenvalue weighted by atomic mass is 16.7. The third-order valence-electron chi connectivity index (χ3n) is 14.7. The SMILES string of the molecule is COCOc1cc2c#cc3ccc4oc5ccc(c#cc6cc(OCOC)c(c#cc7ccc8oc9ccc(c#cc%10cc(OCOC)c(c#cc%11ccc%12oc%13ccc(c#cc1cc2OCOC)cc%13c%12c%11)cc%10OCOC)cc9c8c7)cc6OCOC)cc5c4c3. The maximum absolute atomic E-state index is 6.32. The number of hydrogen-bond donors (Lipinski definition) is 0. The van der Waals surface area contributed by atoms with Crippen LogP contribution in [-0.4, -0.2) is 83.4 Å². The molecule has 0 fully saturated rings. The predicted octanol–water partition coefficient (Wildman–Crippen LogP) is 16.9. The van der Waals surface area contributed by atoms with Gasteiger partial charge in [0.1, 0.15) is 68.0 Å². The molecule has 0 aliphatic carbocycles. The highest BCUT2D eigenvalue weighted by Crippen LogP contribution is 2.36. The smallest absolute Gasteiger partial charge is 0.188 e. The van der Waals surface area contributed by atoms with Crippen LogP contribution in [0.2, 0.25) is 0 Å². The number of benzene rings is 9. The van der Waals surface area contributed by atoms with Crippen molar-refractivity contribution in [2.45, 2.75) is 0 Å². The second-order valence-corrected chi connectivity index (χ2v) is 20.9. The van der Waals surface area contributed by atoms with Gasteiger partial charge in [0.25, 0.3) is 0 Å². The van der Waals surface area contributed by atoms with E-state index in [1.165, 1.54) is 0 Å². The lowest BCUT2D eigenvalue weighted by Gasteiger charge is -2.09. The van der Waals surface area contributed by atoms with Crippen LogP contribution in [0, 0.1) is 72.8 Å². The molecule has 0 saturated heterocycles. The first-order chi connectivity index (χ1) is 45.7. The lowest BCUT2D eigenvalue weighted by Crippen LogP contribution is -2.01. The summed E-state index contributed by atoms with van der Waals surface area (Å²) in [7, 11) is 9.29. The molecule has 18 aromatic rings. The fourth-order valence-electron chi connectivity index (χ4n) is 10.4. The van der Waals surface area contributed by atoms with Crippen LogP contribution in [0.4, 0.5) is 0 Å². The van der Waals surface area contributed by atoms with Crippen LogP contribution in [0.5, 0.6) is 34.5 Å². The molecule has 0 spiro atoms. The summed E-state index contributed by atoms with van der Waals surface area (Å²) in [6, 6.07) is 85.3. The highest BCUT2D eigenvalue weighted by Gasteiger charge is 2.13. The minimum Gasteiger partial charge on any atom is -0.466 e. The molecular formula is C78H54O15. The summed E-state index contributed by atoms with van der Waals surface area (Å²) in [5.74, 6) is 2.60. The van der Waals surface area contributed by atoms with E-state index in [4.69, 9.17) is 70.1 Å². The normalized spacial score (nSPS) is 10.9. The van der Waals surface area contributed by atoms with Crippen molar-refractivity contribution in [3.8, 4) is 34.5 Å². The molecule has 0 atom stereocenters. The molecule has 0 radical (unpaired) electrons. The van der Waals surface area contributed by atoms with E-state index in [2.05, 4.69) is 72.8 Å². The zero-order chi connectivity index (χ0) is 63.6. The molecule has 15 heteroatoms. The Bertz CT molecular complexity index is 4450. The maximum atomic E-state index is 6.32. The summed E-state index contributed by atoms with van der Waals surface area (Å²) in [5, 5.41) is 12.6. The number of ether oxygens (including phenoxy) is 12. The molecule has 18 bridgehead atoms. The van der Waals surface area contributed by atoms with E-state index in [1.807, 2.05) is 109 Å². The van der Waals surface area contributed by atoms with Crippen LogP contribution < -0.4 is 28.4 Å². The molecule has 93 heavy (non-hydrogen) atoms. The Hall–Kier alpha value is -11.7. The summed E-state index contributed by atoms with van der Waals surface area (Å²) in [5.41, 5.74) is 4.09.